The van der Waals surface area contributed by atoms with Crippen molar-refractivity contribution in [3.63, 3.8) is 0 Å². The van der Waals surface area contributed by atoms with Gasteiger partial charge in [0.15, 0.2) is 0 Å². The monoisotopic (exact) mass is 448 g/mol. The second kappa shape index (κ2) is 7.98. The molecule has 0 aliphatic rings. The maximum atomic E-state index is 13.1. The number of nitrogens with zero attached hydrogens (tertiary/aromatic N) is 5. The Morgan fingerprint density at radius 1 is 1.16 bits per heavy atom. The van der Waals surface area contributed by atoms with Crippen LogP contribution in [0.1, 0.15) is 20.9 Å². The fourth-order valence-corrected chi connectivity index (χ4v) is 4.64. The minimum absolute atomic E-state index is 0.213. The second-order valence-electron chi connectivity index (χ2n) is 7.01. The van der Waals surface area contributed by atoms with Gasteiger partial charge in [-0.05, 0) is 36.8 Å². The number of benzene rings is 2. The first-order valence-electron chi connectivity index (χ1n) is 9.55. The number of anilines is 1. The van der Waals surface area contributed by atoms with Crippen molar-refractivity contribution >= 4 is 44.7 Å². The van der Waals surface area contributed by atoms with Crippen molar-refractivity contribution in [3.8, 4) is 5.69 Å². The fraction of sp³-hybridized carbons (Fsp3) is 0.0909. The minimum atomic E-state index is -0.213. The van der Waals surface area contributed by atoms with Gasteiger partial charge in [-0.2, -0.15) is 10.2 Å². The highest BCUT2D eigenvalue weighted by Gasteiger charge is 2.18. The smallest absolute Gasteiger partial charge is 0.265 e. The van der Waals surface area contributed by atoms with E-state index in [0.717, 1.165) is 21.5 Å². The van der Waals surface area contributed by atoms with Gasteiger partial charge in [-0.25, -0.2) is 9.67 Å². The first-order valence-corrected chi connectivity index (χ1v) is 10.7. The average Bonchev–Trinajstić information content (AvgIpc) is 3.49. The number of amides is 1. The zero-order chi connectivity index (χ0) is 21.4. The molecule has 1 N–H and O–H groups in total. The van der Waals surface area contributed by atoms with Gasteiger partial charge in [-0.15, -0.1) is 11.3 Å². The molecule has 3 aromatic heterocycles. The van der Waals surface area contributed by atoms with Gasteiger partial charge >= 0.3 is 0 Å². The van der Waals surface area contributed by atoms with Crippen LogP contribution in [-0.2, 0) is 6.54 Å². The SMILES string of the molecule is Cc1nn(Cc2ccccc2)c2sc(C(=O)Nc3cc(Cl)ccc3-n3cncn3)cc12. The van der Waals surface area contributed by atoms with Crippen LogP contribution in [0.15, 0.2) is 67.3 Å². The zero-order valence-electron chi connectivity index (χ0n) is 16.5. The molecule has 0 atom stereocenters. The molecule has 9 heteroatoms. The number of hydrogen-bond acceptors (Lipinski definition) is 5. The van der Waals surface area contributed by atoms with E-state index in [2.05, 4.69) is 32.6 Å². The van der Waals surface area contributed by atoms with E-state index in [1.807, 2.05) is 35.9 Å². The Balaban J connectivity index is 1.46. The van der Waals surface area contributed by atoms with Crippen LogP contribution in [-0.4, -0.2) is 30.5 Å². The number of carbonyl (C=O) groups excluding carboxylic acids is 1. The van der Waals surface area contributed by atoms with Crippen LogP contribution in [0.5, 0.6) is 0 Å². The number of aryl methyl sites for hydroxylation is 1. The standard InChI is InChI=1S/C22H17ClN6OS/c1-14-17-10-20(31-22(17)28(27-14)11-15-5-3-2-4-6-15)21(30)26-18-9-16(23)7-8-19(18)29-13-24-12-25-29/h2-10,12-13H,11H2,1H3,(H,26,30). The van der Waals surface area contributed by atoms with E-state index in [4.69, 9.17) is 11.6 Å². The van der Waals surface area contributed by atoms with Gasteiger partial charge in [0.25, 0.3) is 5.91 Å². The van der Waals surface area contributed by atoms with Crippen LogP contribution < -0.4 is 5.32 Å². The van der Waals surface area contributed by atoms with Crippen LogP contribution in [0.2, 0.25) is 5.02 Å². The van der Waals surface area contributed by atoms with E-state index in [0.29, 0.717) is 27.8 Å². The molecule has 154 valence electrons. The molecule has 0 aliphatic heterocycles. The van der Waals surface area contributed by atoms with Gasteiger partial charge in [0, 0.05) is 10.4 Å². The lowest BCUT2D eigenvalue weighted by molar-refractivity contribution is 0.103. The molecule has 0 unspecified atom stereocenters. The van der Waals surface area contributed by atoms with Crippen LogP contribution in [0.4, 0.5) is 5.69 Å². The van der Waals surface area contributed by atoms with E-state index in [1.54, 1.807) is 29.2 Å². The third kappa shape index (κ3) is 3.83. The number of halogens is 1. The van der Waals surface area contributed by atoms with Crippen molar-refractivity contribution in [1.29, 1.82) is 0 Å². The highest BCUT2D eigenvalue weighted by molar-refractivity contribution is 7.20. The lowest BCUT2D eigenvalue weighted by atomic mass is 10.2. The van der Waals surface area contributed by atoms with Crippen molar-refractivity contribution in [3.05, 3.63) is 88.4 Å². The maximum absolute atomic E-state index is 13.1. The van der Waals surface area contributed by atoms with E-state index >= 15 is 0 Å². The summed E-state index contributed by atoms with van der Waals surface area (Å²) in [6, 6.07) is 17.3. The number of carbonyl (C=O) groups is 1. The van der Waals surface area contributed by atoms with E-state index in [-0.39, 0.29) is 5.91 Å². The number of fused-ring (bicyclic) bond motifs is 1. The molecule has 0 fully saturated rings. The summed E-state index contributed by atoms with van der Waals surface area (Å²) in [5, 5.41) is 13.3. The Morgan fingerprint density at radius 2 is 2.00 bits per heavy atom. The molecular formula is C22H17ClN6OS. The molecule has 0 saturated carbocycles. The molecule has 0 bridgehead atoms. The Hall–Kier alpha value is -3.49. The van der Waals surface area contributed by atoms with Crippen LogP contribution in [0.25, 0.3) is 15.9 Å². The molecule has 5 rings (SSSR count). The Kier molecular flexibility index (Phi) is 5.01. The molecule has 5 aromatic rings. The molecule has 0 radical (unpaired) electrons. The van der Waals surface area contributed by atoms with Crippen molar-refractivity contribution in [1.82, 2.24) is 24.5 Å². The summed E-state index contributed by atoms with van der Waals surface area (Å²) in [5.41, 5.74) is 3.29. The quantitative estimate of drug-likeness (QED) is 0.413. The summed E-state index contributed by atoms with van der Waals surface area (Å²) in [7, 11) is 0. The predicted molar refractivity (Wildman–Crippen MR) is 122 cm³/mol. The summed E-state index contributed by atoms with van der Waals surface area (Å²) in [6.07, 6.45) is 3.01. The van der Waals surface area contributed by atoms with E-state index in [9.17, 15) is 4.79 Å². The molecule has 2 aromatic carbocycles. The summed E-state index contributed by atoms with van der Waals surface area (Å²) < 4.78 is 3.53. The first kappa shape index (κ1) is 19.5. The van der Waals surface area contributed by atoms with Gasteiger partial charge in [0.2, 0.25) is 0 Å². The van der Waals surface area contributed by atoms with Crippen molar-refractivity contribution in [2.24, 2.45) is 0 Å². The third-order valence-electron chi connectivity index (χ3n) is 4.88. The average molecular weight is 449 g/mol. The summed E-state index contributed by atoms with van der Waals surface area (Å²) in [5.74, 6) is -0.213. The normalized spacial score (nSPS) is 11.2. The van der Waals surface area contributed by atoms with Crippen LogP contribution in [0.3, 0.4) is 0 Å². The lowest BCUT2D eigenvalue weighted by Gasteiger charge is -2.10. The number of rotatable bonds is 5. The lowest BCUT2D eigenvalue weighted by Crippen LogP contribution is -2.13. The molecule has 0 aliphatic carbocycles. The molecular weight excluding hydrogens is 432 g/mol. The van der Waals surface area contributed by atoms with Crippen LogP contribution >= 0.6 is 22.9 Å². The zero-order valence-corrected chi connectivity index (χ0v) is 18.1. The minimum Gasteiger partial charge on any atom is -0.319 e. The van der Waals surface area contributed by atoms with Gasteiger partial charge < -0.3 is 5.32 Å². The Morgan fingerprint density at radius 3 is 2.77 bits per heavy atom. The number of aromatic nitrogens is 5. The molecule has 31 heavy (non-hydrogen) atoms. The van der Waals surface area contributed by atoms with Crippen molar-refractivity contribution in [2.45, 2.75) is 13.5 Å². The van der Waals surface area contributed by atoms with Crippen LogP contribution in [0, 0.1) is 6.92 Å². The maximum Gasteiger partial charge on any atom is 0.265 e. The highest BCUT2D eigenvalue weighted by Crippen LogP contribution is 2.31. The summed E-state index contributed by atoms with van der Waals surface area (Å²) >= 11 is 7.59. The number of nitrogens with one attached hydrogen (secondary N) is 1. The summed E-state index contributed by atoms with van der Waals surface area (Å²) in [6.45, 7) is 2.61. The first-order chi connectivity index (χ1) is 15.1. The second-order valence-corrected chi connectivity index (χ2v) is 8.48. The molecule has 0 spiro atoms. The predicted octanol–water partition coefficient (Wildman–Crippen LogP) is 4.94. The molecule has 3 heterocycles. The molecule has 0 saturated heterocycles. The Bertz CT molecular complexity index is 1370. The molecule has 1 amide bonds. The van der Waals surface area contributed by atoms with E-state index in [1.165, 1.54) is 17.7 Å². The number of hydrogen-bond donors (Lipinski definition) is 1. The highest BCUT2D eigenvalue weighted by atomic mass is 35.5. The summed E-state index contributed by atoms with van der Waals surface area (Å²) in [4.78, 5) is 18.6. The largest absolute Gasteiger partial charge is 0.319 e. The van der Waals surface area contributed by atoms with E-state index < -0.39 is 0 Å². The van der Waals surface area contributed by atoms with Crippen molar-refractivity contribution in [2.75, 3.05) is 5.32 Å². The Labute approximate surface area is 186 Å². The topological polar surface area (TPSA) is 77.6 Å². The van der Waals surface area contributed by atoms with Crippen molar-refractivity contribution < 1.29 is 4.79 Å². The van der Waals surface area contributed by atoms with Gasteiger partial charge in [0.1, 0.15) is 17.5 Å². The fourth-order valence-electron chi connectivity index (χ4n) is 3.41. The van der Waals surface area contributed by atoms with Gasteiger partial charge in [-0.1, -0.05) is 41.9 Å². The third-order valence-corrected chi connectivity index (χ3v) is 6.26. The van der Waals surface area contributed by atoms with Gasteiger partial charge in [-0.3, -0.25) is 9.48 Å². The number of thiophene rings is 1. The molecule has 7 nitrogen and oxygen atoms in total. The van der Waals surface area contributed by atoms with Gasteiger partial charge in [0.05, 0.1) is 28.5 Å².